The summed E-state index contributed by atoms with van der Waals surface area (Å²) < 4.78 is 11.7. The first kappa shape index (κ1) is 26.5. The van der Waals surface area contributed by atoms with Crippen molar-refractivity contribution in [3.8, 4) is 28.3 Å². The van der Waals surface area contributed by atoms with Crippen LogP contribution in [0.5, 0.6) is 5.88 Å². The predicted molar refractivity (Wildman–Crippen MR) is 144 cm³/mol. The second-order valence-corrected chi connectivity index (χ2v) is 10.9. The minimum Gasteiger partial charge on any atom is -0.471 e. The lowest BCUT2D eigenvalue weighted by Crippen LogP contribution is -2.41. The molecule has 6 nitrogen and oxygen atoms in total. The highest BCUT2D eigenvalue weighted by Crippen LogP contribution is 2.45. The van der Waals surface area contributed by atoms with Gasteiger partial charge in [-0.15, -0.1) is 0 Å². The first-order chi connectivity index (χ1) is 17.1. The lowest BCUT2D eigenvalue weighted by atomic mass is 9.88. The Hall–Kier alpha value is -2.61. The van der Waals surface area contributed by atoms with Crippen LogP contribution in [0, 0.1) is 0 Å². The van der Waals surface area contributed by atoms with Gasteiger partial charge in [-0.25, -0.2) is 4.98 Å². The van der Waals surface area contributed by atoms with Crippen molar-refractivity contribution in [3.63, 3.8) is 0 Å². The van der Waals surface area contributed by atoms with Gasteiger partial charge in [-0.05, 0) is 49.7 Å². The predicted octanol–water partition coefficient (Wildman–Crippen LogP) is 7.16. The number of rotatable bonds is 6. The Balaban J connectivity index is 1.82. The number of methoxy groups -OCH3 is 1. The maximum atomic E-state index is 12.7. The highest BCUT2D eigenvalue weighted by atomic mass is 79.9. The zero-order valence-corrected chi connectivity index (χ0v) is 23.1. The van der Waals surface area contributed by atoms with Crippen LogP contribution in [0.1, 0.15) is 44.7 Å². The van der Waals surface area contributed by atoms with E-state index >= 15 is 0 Å². The van der Waals surface area contributed by atoms with Gasteiger partial charge in [0.15, 0.2) is 0 Å². The quantitative estimate of drug-likeness (QED) is 0.308. The average molecular weight is 592 g/mol. The van der Waals surface area contributed by atoms with E-state index in [9.17, 15) is 9.59 Å². The van der Waals surface area contributed by atoms with E-state index in [0.29, 0.717) is 28.0 Å². The Morgan fingerprint density at radius 3 is 2.44 bits per heavy atom. The monoisotopic (exact) mass is 590 g/mol. The van der Waals surface area contributed by atoms with Crippen molar-refractivity contribution in [2.45, 2.75) is 44.8 Å². The van der Waals surface area contributed by atoms with Gasteiger partial charge >= 0.3 is 5.97 Å². The summed E-state index contributed by atoms with van der Waals surface area (Å²) in [6, 6.07) is 14.7. The van der Waals surface area contributed by atoms with E-state index < -0.39 is 11.6 Å². The number of benzene rings is 2. The third-order valence-corrected chi connectivity index (χ3v) is 7.06. The van der Waals surface area contributed by atoms with Gasteiger partial charge in [-0.2, -0.15) is 0 Å². The maximum absolute atomic E-state index is 12.7. The van der Waals surface area contributed by atoms with Crippen molar-refractivity contribution in [2.75, 3.05) is 7.11 Å². The molecule has 4 rings (SSSR count). The Bertz CT molecular complexity index is 1310. The van der Waals surface area contributed by atoms with E-state index in [4.69, 9.17) is 32.9 Å². The molecule has 0 saturated carbocycles. The van der Waals surface area contributed by atoms with Crippen LogP contribution >= 0.6 is 39.1 Å². The van der Waals surface area contributed by atoms with E-state index in [1.165, 1.54) is 7.11 Å². The molecule has 36 heavy (non-hydrogen) atoms. The number of nitrogens with zero attached hydrogens (tertiary/aromatic N) is 1. The molecule has 9 heteroatoms. The van der Waals surface area contributed by atoms with Crippen LogP contribution in [0.4, 0.5) is 0 Å². The molecule has 2 aromatic carbocycles. The summed E-state index contributed by atoms with van der Waals surface area (Å²) in [7, 11) is 1.30. The molecular weight excluding hydrogens is 567 g/mol. The number of esters is 1. The molecule has 2 heterocycles. The van der Waals surface area contributed by atoms with Crippen molar-refractivity contribution in [2.24, 2.45) is 0 Å². The standard InChI is InChI=1S/C27H25BrCl2N2O4/c1-27(2)14-22(31-23(33)10-11-24(34)35-3)20-13-19(15-4-6-16(29)7-5-15)25(32-26(20)36-27)18-9-8-17(30)12-21(18)28/h4-9,12-13,22H,10-11,14H2,1-3H3,(H,31,33). The van der Waals surface area contributed by atoms with Crippen LogP contribution < -0.4 is 10.1 Å². The Morgan fingerprint density at radius 2 is 1.78 bits per heavy atom. The molecule has 1 N–H and O–H groups in total. The molecule has 1 unspecified atom stereocenters. The van der Waals surface area contributed by atoms with E-state index in [2.05, 4.69) is 26.0 Å². The van der Waals surface area contributed by atoms with Gasteiger partial charge in [-0.1, -0.05) is 57.3 Å². The maximum Gasteiger partial charge on any atom is 0.306 e. The minimum atomic E-state index is -0.573. The number of hydrogen-bond donors (Lipinski definition) is 1. The van der Waals surface area contributed by atoms with Gasteiger partial charge in [0.25, 0.3) is 0 Å². The second-order valence-electron chi connectivity index (χ2n) is 9.17. The number of amides is 1. The molecule has 1 aromatic heterocycles. The highest BCUT2D eigenvalue weighted by molar-refractivity contribution is 9.10. The number of nitrogens with one attached hydrogen (secondary N) is 1. The number of carbonyl (C=O) groups excluding carboxylic acids is 2. The van der Waals surface area contributed by atoms with Crippen molar-refractivity contribution >= 4 is 51.0 Å². The topological polar surface area (TPSA) is 77.5 Å². The van der Waals surface area contributed by atoms with Crippen LogP contribution in [0.15, 0.2) is 53.0 Å². The first-order valence-electron chi connectivity index (χ1n) is 11.4. The highest BCUT2D eigenvalue weighted by Gasteiger charge is 2.36. The van der Waals surface area contributed by atoms with Crippen LogP contribution in [-0.4, -0.2) is 29.6 Å². The summed E-state index contributed by atoms with van der Waals surface area (Å²) in [5, 5.41) is 4.29. The molecule has 0 aliphatic carbocycles. The Morgan fingerprint density at radius 1 is 1.08 bits per heavy atom. The number of carbonyl (C=O) groups is 2. The molecule has 0 fully saturated rings. The first-order valence-corrected chi connectivity index (χ1v) is 12.9. The summed E-state index contributed by atoms with van der Waals surface area (Å²) in [5.74, 6) is -0.228. The van der Waals surface area contributed by atoms with Gasteiger partial charge in [0.1, 0.15) is 5.60 Å². The number of halogens is 3. The van der Waals surface area contributed by atoms with Crippen LogP contribution in [0.3, 0.4) is 0 Å². The fraction of sp³-hybridized carbons (Fsp3) is 0.296. The smallest absolute Gasteiger partial charge is 0.306 e. The summed E-state index contributed by atoms with van der Waals surface area (Å²) in [4.78, 5) is 29.2. The molecule has 1 aliphatic rings. The number of hydrogen-bond acceptors (Lipinski definition) is 5. The molecule has 1 atom stereocenters. The lowest BCUT2D eigenvalue weighted by molar-refractivity contribution is -0.142. The second kappa shape index (κ2) is 10.8. The SMILES string of the molecule is COC(=O)CCC(=O)NC1CC(C)(C)Oc2nc(-c3ccc(Cl)cc3Br)c(-c3ccc(Cl)cc3)cc21. The molecular formula is C27H25BrCl2N2O4. The Labute approximate surface area is 228 Å². The van der Waals surface area contributed by atoms with Gasteiger partial charge in [0, 0.05) is 44.0 Å². The summed E-state index contributed by atoms with van der Waals surface area (Å²) in [6.07, 6.45) is 0.586. The number of fused-ring (bicyclic) bond motifs is 1. The number of aromatic nitrogens is 1. The zero-order chi connectivity index (χ0) is 26.0. The summed E-state index contributed by atoms with van der Waals surface area (Å²) in [5.41, 5.74) is 3.50. The van der Waals surface area contributed by atoms with Crippen molar-refractivity contribution in [1.29, 1.82) is 0 Å². The van der Waals surface area contributed by atoms with E-state index in [1.54, 1.807) is 0 Å². The van der Waals surface area contributed by atoms with Gasteiger partial charge in [0.05, 0.1) is 25.3 Å². The summed E-state index contributed by atoms with van der Waals surface area (Å²) in [6.45, 7) is 3.91. The average Bonchev–Trinajstić information content (AvgIpc) is 2.82. The largest absolute Gasteiger partial charge is 0.471 e. The minimum absolute atomic E-state index is 0.0135. The third-order valence-electron chi connectivity index (χ3n) is 5.92. The molecule has 188 valence electrons. The molecule has 3 aromatic rings. The molecule has 0 saturated heterocycles. The third kappa shape index (κ3) is 6.02. The molecule has 0 bridgehead atoms. The normalized spacial score (nSPS) is 16.0. The van der Waals surface area contributed by atoms with Gasteiger partial charge in [-0.3, -0.25) is 9.59 Å². The molecule has 1 amide bonds. The van der Waals surface area contributed by atoms with Gasteiger partial charge < -0.3 is 14.8 Å². The number of pyridine rings is 1. The molecule has 1 aliphatic heterocycles. The fourth-order valence-electron chi connectivity index (χ4n) is 4.20. The van der Waals surface area contributed by atoms with Gasteiger partial charge in [0.2, 0.25) is 11.8 Å². The van der Waals surface area contributed by atoms with Crippen molar-refractivity contribution in [1.82, 2.24) is 10.3 Å². The van der Waals surface area contributed by atoms with E-state index in [0.717, 1.165) is 26.7 Å². The van der Waals surface area contributed by atoms with Crippen molar-refractivity contribution in [3.05, 3.63) is 68.6 Å². The Kier molecular flexibility index (Phi) is 7.93. The zero-order valence-electron chi connectivity index (χ0n) is 20.0. The summed E-state index contributed by atoms with van der Waals surface area (Å²) >= 11 is 16.0. The fourth-order valence-corrected chi connectivity index (χ4v) is 5.19. The number of ether oxygens (including phenoxy) is 2. The lowest BCUT2D eigenvalue weighted by Gasteiger charge is -2.37. The van der Waals surface area contributed by atoms with Crippen LogP contribution in [0.25, 0.3) is 22.4 Å². The van der Waals surface area contributed by atoms with Crippen molar-refractivity contribution < 1.29 is 19.1 Å². The molecule has 0 spiro atoms. The van der Waals surface area contributed by atoms with Crippen LogP contribution in [0.2, 0.25) is 10.0 Å². The molecule has 0 radical (unpaired) electrons. The van der Waals surface area contributed by atoms with E-state index in [-0.39, 0.29) is 24.8 Å². The van der Waals surface area contributed by atoms with E-state index in [1.807, 2.05) is 62.4 Å². The van der Waals surface area contributed by atoms with Crippen LogP contribution in [-0.2, 0) is 14.3 Å².